The van der Waals surface area contributed by atoms with Gasteiger partial charge in [-0.3, -0.25) is 4.79 Å². The minimum Gasteiger partial charge on any atom is -0.312 e. The van der Waals surface area contributed by atoms with Crippen molar-refractivity contribution in [2.24, 2.45) is 0 Å². The Morgan fingerprint density at radius 1 is 1.22 bits per heavy atom. The van der Waals surface area contributed by atoms with Crippen LogP contribution in [0.5, 0.6) is 0 Å². The molecule has 102 valence electrons. The molecule has 0 aliphatic carbocycles. The van der Waals surface area contributed by atoms with Gasteiger partial charge in [-0.25, -0.2) is 0 Å². The second-order valence-corrected chi connectivity index (χ2v) is 5.18. The number of rotatable bonds is 6. The molecule has 1 aromatic heterocycles. The quantitative estimate of drug-likeness (QED) is 0.842. The Hall–Kier alpha value is -1.09. The van der Waals surface area contributed by atoms with Crippen LogP contribution >= 0.6 is 0 Å². The summed E-state index contributed by atoms with van der Waals surface area (Å²) in [4.78, 5) is 12.3. The molecule has 0 saturated carbocycles. The summed E-state index contributed by atoms with van der Waals surface area (Å²) in [6.07, 6.45) is 1.08. The SMILES string of the molecule is CCC(C)NCc1ccc(C(C)C)n(CC)c1=O. The highest BCUT2D eigenvalue weighted by atomic mass is 16.1. The average Bonchev–Trinajstić information content (AvgIpc) is 2.36. The molecular formula is C15H26N2O. The average molecular weight is 250 g/mol. The Morgan fingerprint density at radius 3 is 2.39 bits per heavy atom. The molecule has 0 saturated heterocycles. The van der Waals surface area contributed by atoms with Crippen LogP contribution in [0.25, 0.3) is 0 Å². The van der Waals surface area contributed by atoms with Gasteiger partial charge in [-0.1, -0.05) is 26.8 Å². The van der Waals surface area contributed by atoms with Crippen LogP contribution in [-0.2, 0) is 13.1 Å². The van der Waals surface area contributed by atoms with Gasteiger partial charge in [-0.15, -0.1) is 0 Å². The zero-order valence-electron chi connectivity index (χ0n) is 12.3. The zero-order valence-corrected chi connectivity index (χ0v) is 12.3. The molecular weight excluding hydrogens is 224 g/mol. The molecule has 0 fully saturated rings. The third-order valence-electron chi connectivity index (χ3n) is 3.45. The van der Waals surface area contributed by atoms with E-state index >= 15 is 0 Å². The van der Waals surface area contributed by atoms with E-state index in [1.807, 2.05) is 17.6 Å². The van der Waals surface area contributed by atoms with Crippen LogP contribution in [0, 0.1) is 0 Å². The van der Waals surface area contributed by atoms with E-state index in [4.69, 9.17) is 0 Å². The van der Waals surface area contributed by atoms with Gasteiger partial charge in [0.1, 0.15) is 0 Å². The third kappa shape index (κ3) is 3.45. The fraction of sp³-hybridized carbons (Fsp3) is 0.667. The first-order valence-corrected chi connectivity index (χ1v) is 6.97. The molecule has 3 heteroatoms. The van der Waals surface area contributed by atoms with Crippen LogP contribution < -0.4 is 10.9 Å². The predicted molar refractivity (Wildman–Crippen MR) is 77.1 cm³/mol. The van der Waals surface area contributed by atoms with Crippen LogP contribution in [0.2, 0.25) is 0 Å². The summed E-state index contributed by atoms with van der Waals surface area (Å²) in [7, 11) is 0. The largest absolute Gasteiger partial charge is 0.312 e. The normalized spacial score (nSPS) is 13.0. The van der Waals surface area contributed by atoms with E-state index in [1.54, 1.807) is 0 Å². The van der Waals surface area contributed by atoms with Gasteiger partial charge in [0.05, 0.1) is 0 Å². The molecule has 1 heterocycles. The van der Waals surface area contributed by atoms with Crippen molar-refractivity contribution in [3.05, 3.63) is 33.7 Å². The van der Waals surface area contributed by atoms with Crippen molar-refractivity contribution in [1.82, 2.24) is 9.88 Å². The lowest BCUT2D eigenvalue weighted by molar-refractivity contribution is 0.527. The van der Waals surface area contributed by atoms with E-state index in [2.05, 4.69) is 39.1 Å². The molecule has 1 N–H and O–H groups in total. The second kappa shape index (κ2) is 6.74. The minimum absolute atomic E-state index is 0.152. The van der Waals surface area contributed by atoms with Gasteiger partial charge < -0.3 is 9.88 Å². The highest BCUT2D eigenvalue weighted by Crippen LogP contribution is 2.13. The van der Waals surface area contributed by atoms with Crippen LogP contribution in [-0.4, -0.2) is 10.6 Å². The Morgan fingerprint density at radius 2 is 1.89 bits per heavy atom. The topological polar surface area (TPSA) is 34.0 Å². The molecule has 0 aliphatic rings. The lowest BCUT2D eigenvalue weighted by Gasteiger charge is -2.17. The summed E-state index contributed by atoms with van der Waals surface area (Å²) in [5.41, 5.74) is 2.14. The summed E-state index contributed by atoms with van der Waals surface area (Å²) in [6.45, 7) is 12.0. The van der Waals surface area contributed by atoms with Gasteiger partial charge in [0.25, 0.3) is 5.56 Å². The van der Waals surface area contributed by atoms with Gasteiger partial charge >= 0.3 is 0 Å². The van der Waals surface area contributed by atoms with Crippen molar-refractivity contribution in [2.45, 2.75) is 66.1 Å². The molecule has 0 bridgehead atoms. The third-order valence-corrected chi connectivity index (χ3v) is 3.45. The molecule has 1 unspecified atom stereocenters. The van der Waals surface area contributed by atoms with Crippen molar-refractivity contribution in [2.75, 3.05) is 0 Å². The summed E-state index contributed by atoms with van der Waals surface area (Å²) < 4.78 is 1.89. The Bertz CT molecular complexity index is 435. The molecule has 0 radical (unpaired) electrons. The number of hydrogen-bond donors (Lipinski definition) is 1. The van der Waals surface area contributed by atoms with Gasteiger partial charge in [-0.05, 0) is 32.3 Å². The molecule has 1 atom stereocenters. The lowest BCUT2D eigenvalue weighted by Crippen LogP contribution is -2.32. The van der Waals surface area contributed by atoms with Crippen LogP contribution in [0.15, 0.2) is 16.9 Å². The van der Waals surface area contributed by atoms with Gasteiger partial charge in [0.15, 0.2) is 0 Å². The molecule has 0 aromatic carbocycles. The van der Waals surface area contributed by atoms with E-state index in [9.17, 15) is 4.79 Å². The number of nitrogens with zero attached hydrogens (tertiary/aromatic N) is 1. The van der Waals surface area contributed by atoms with E-state index in [0.29, 0.717) is 18.5 Å². The Balaban J connectivity index is 2.99. The molecule has 0 amide bonds. The highest BCUT2D eigenvalue weighted by molar-refractivity contribution is 5.18. The zero-order chi connectivity index (χ0) is 13.7. The first kappa shape index (κ1) is 15.0. The molecule has 0 aliphatic heterocycles. The summed E-state index contributed by atoms with van der Waals surface area (Å²) in [6, 6.07) is 4.51. The minimum atomic E-state index is 0.152. The Labute approximate surface area is 110 Å². The van der Waals surface area contributed by atoms with Gasteiger partial charge in [-0.2, -0.15) is 0 Å². The van der Waals surface area contributed by atoms with Crippen LogP contribution in [0.3, 0.4) is 0 Å². The first-order chi connectivity index (χ1) is 8.51. The summed E-state index contributed by atoms with van der Waals surface area (Å²) in [5, 5.41) is 3.38. The summed E-state index contributed by atoms with van der Waals surface area (Å²) >= 11 is 0. The maximum absolute atomic E-state index is 12.3. The number of pyridine rings is 1. The molecule has 1 rings (SSSR count). The number of nitrogens with one attached hydrogen (secondary N) is 1. The smallest absolute Gasteiger partial charge is 0.255 e. The first-order valence-electron chi connectivity index (χ1n) is 6.97. The van der Waals surface area contributed by atoms with Crippen molar-refractivity contribution >= 4 is 0 Å². The van der Waals surface area contributed by atoms with Crippen molar-refractivity contribution in [3.8, 4) is 0 Å². The van der Waals surface area contributed by atoms with Crippen LogP contribution in [0.4, 0.5) is 0 Å². The molecule has 1 aromatic rings. The highest BCUT2D eigenvalue weighted by Gasteiger charge is 2.10. The maximum atomic E-state index is 12.3. The van der Waals surface area contributed by atoms with E-state index in [0.717, 1.165) is 24.2 Å². The van der Waals surface area contributed by atoms with Gasteiger partial charge in [0.2, 0.25) is 0 Å². The van der Waals surface area contributed by atoms with Crippen molar-refractivity contribution < 1.29 is 0 Å². The Kier molecular flexibility index (Phi) is 5.60. The van der Waals surface area contributed by atoms with Crippen molar-refractivity contribution in [3.63, 3.8) is 0 Å². The molecule has 18 heavy (non-hydrogen) atoms. The predicted octanol–water partition coefficient (Wildman–Crippen LogP) is 2.88. The molecule has 3 nitrogen and oxygen atoms in total. The second-order valence-electron chi connectivity index (χ2n) is 5.18. The van der Waals surface area contributed by atoms with Crippen molar-refractivity contribution in [1.29, 1.82) is 0 Å². The van der Waals surface area contributed by atoms with E-state index in [-0.39, 0.29) is 5.56 Å². The van der Waals surface area contributed by atoms with Gasteiger partial charge in [0, 0.05) is 30.4 Å². The van der Waals surface area contributed by atoms with E-state index in [1.165, 1.54) is 0 Å². The number of hydrogen-bond acceptors (Lipinski definition) is 2. The summed E-state index contributed by atoms with van der Waals surface area (Å²) in [5.74, 6) is 0.384. The standard InChI is InChI=1S/C15H26N2O/c1-6-12(5)16-10-13-8-9-14(11(3)4)17(7-2)15(13)18/h8-9,11-12,16H,6-7,10H2,1-5H3. The van der Waals surface area contributed by atoms with Crippen LogP contribution in [0.1, 0.15) is 58.2 Å². The number of aromatic nitrogens is 1. The monoisotopic (exact) mass is 250 g/mol. The molecule has 0 spiro atoms. The maximum Gasteiger partial charge on any atom is 0.255 e. The fourth-order valence-corrected chi connectivity index (χ4v) is 2.03. The van der Waals surface area contributed by atoms with E-state index < -0.39 is 0 Å². The lowest BCUT2D eigenvalue weighted by atomic mass is 10.1. The fourth-order valence-electron chi connectivity index (χ4n) is 2.03.